The molecule has 1 amide bonds. The van der Waals surface area contributed by atoms with E-state index in [1.807, 2.05) is 0 Å². The van der Waals surface area contributed by atoms with Crippen molar-refractivity contribution in [3.63, 3.8) is 0 Å². The number of amides is 1. The van der Waals surface area contributed by atoms with Gasteiger partial charge in [0.15, 0.2) is 10.9 Å². The zero-order valence-electron chi connectivity index (χ0n) is 14.5. The highest BCUT2D eigenvalue weighted by atomic mass is 79.9. The second-order valence-electron chi connectivity index (χ2n) is 6.22. The fraction of sp³-hybridized carbons (Fsp3) is 0.444. The number of rotatable bonds is 6. The third-order valence-corrected chi connectivity index (χ3v) is 6.08. The largest absolute Gasteiger partial charge is 0.480 e. The molecule has 1 aromatic carbocycles. The summed E-state index contributed by atoms with van der Waals surface area (Å²) in [6.07, 6.45) is 1.01. The van der Waals surface area contributed by atoms with E-state index in [4.69, 9.17) is 0 Å². The molecule has 0 spiro atoms. The van der Waals surface area contributed by atoms with Crippen LogP contribution in [0.4, 0.5) is 0 Å². The van der Waals surface area contributed by atoms with Crippen molar-refractivity contribution in [1.82, 2.24) is 4.90 Å². The first-order chi connectivity index (χ1) is 12.2. The van der Waals surface area contributed by atoms with Crippen LogP contribution in [0.2, 0.25) is 0 Å². The number of ketones is 1. The fourth-order valence-corrected chi connectivity index (χ4v) is 4.20. The van der Waals surface area contributed by atoms with Gasteiger partial charge in [0.1, 0.15) is 6.04 Å². The minimum atomic E-state index is -1.04. The molecular weight excluding hydrogens is 422 g/mol. The molecule has 1 aromatic rings. The topological polar surface area (TPSA) is 91.8 Å². The molecule has 1 heterocycles. The van der Waals surface area contributed by atoms with E-state index in [9.17, 15) is 24.3 Å². The highest BCUT2D eigenvalue weighted by molar-refractivity contribution is 9.10. The molecule has 0 saturated carbocycles. The second kappa shape index (κ2) is 8.81. The van der Waals surface area contributed by atoms with Crippen LogP contribution in [0.25, 0.3) is 0 Å². The molecule has 0 aliphatic carbocycles. The van der Waals surface area contributed by atoms with Crippen LogP contribution in [-0.2, 0) is 14.4 Å². The van der Waals surface area contributed by atoms with Crippen LogP contribution in [0.3, 0.4) is 0 Å². The van der Waals surface area contributed by atoms with Crippen molar-refractivity contribution in [2.45, 2.75) is 38.0 Å². The first-order valence-corrected chi connectivity index (χ1v) is 9.90. The smallest absolute Gasteiger partial charge is 0.326 e. The summed E-state index contributed by atoms with van der Waals surface area (Å²) in [5, 5.41) is 8.13. The molecule has 26 heavy (non-hydrogen) atoms. The van der Waals surface area contributed by atoms with Crippen molar-refractivity contribution in [3.05, 3.63) is 34.3 Å². The predicted molar refractivity (Wildman–Crippen MR) is 102 cm³/mol. The highest BCUT2D eigenvalue weighted by Gasteiger charge is 2.40. The van der Waals surface area contributed by atoms with E-state index in [1.165, 1.54) is 11.8 Å². The number of likely N-dealkylation sites (tertiary alicyclic amines) is 1. The van der Waals surface area contributed by atoms with Crippen molar-refractivity contribution < 1.29 is 24.3 Å². The summed E-state index contributed by atoms with van der Waals surface area (Å²) in [5.41, 5.74) is 0.405. The lowest BCUT2D eigenvalue weighted by Crippen LogP contribution is -2.46. The van der Waals surface area contributed by atoms with E-state index in [-0.39, 0.29) is 10.9 Å². The van der Waals surface area contributed by atoms with Crippen LogP contribution in [0, 0.1) is 5.92 Å². The number of carbonyl (C=O) groups is 4. The number of benzene rings is 1. The number of nitrogens with zero attached hydrogens (tertiary/aromatic N) is 1. The van der Waals surface area contributed by atoms with Gasteiger partial charge in [0.25, 0.3) is 0 Å². The molecular formula is C18H20BrNO5S. The fourth-order valence-electron chi connectivity index (χ4n) is 3.02. The number of carbonyl (C=O) groups excluding carboxylic acids is 3. The molecule has 6 nitrogen and oxygen atoms in total. The van der Waals surface area contributed by atoms with Crippen LogP contribution in [0.1, 0.15) is 37.0 Å². The maximum absolute atomic E-state index is 12.9. The third kappa shape index (κ3) is 4.73. The molecule has 1 saturated heterocycles. The molecule has 0 radical (unpaired) electrons. The summed E-state index contributed by atoms with van der Waals surface area (Å²) < 4.78 is 0.815. The van der Waals surface area contributed by atoms with Gasteiger partial charge in [-0.3, -0.25) is 14.4 Å². The molecule has 0 aromatic heterocycles. The highest BCUT2D eigenvalue weighted by Crippen LogP contribution is 2.29. The molecule has 0 unspecified atom stereocenters. The predicted octanol–water partition coefficient (Wildman–Crippen LogP) is 2.99. The Balaban J connectivity index is 2.26. The average Bonchev–Trinajstić information content (AvgIpc) is 3.08. The van der Waals surface area contributed by atoms with E-state index in [0.29, 0.717) is 24.9 Å². The number of aliphatic carboxylic acids is 1. The van der Waals surface area contributed by atoms with E-state index in [0.717, 1.165) is 16.2 Å². The number of Topliss-reactive ketones (excluding diaryl/α,β-unsaturated/α-hetero) is 1. The van der Waals surface area contributed by atoms with E-state index < -0.39 is 29.1 Å². The van der Waals surface area contributed by atoms with Crippen molar-refractivity contribution in [1.29, 1.82) is 0 Å². The normalized spacial score (nSPS) is 19.0. The van der Waals surface area contributed by atoms with Crippen molar-refractivity contribution in [2.24, 2.45) is 5.92 Å². The maximum Gasteiger partial charge on any atom is 0.326 e. The molecule has 1 aliphatic rings. The lowest BCUT2D eigenvalue weighted by molar-refractivity contribution is -0.149. The van der Waals surface area contributed by atoms with Gasteiger partial charge < -0.3 is 10.0 Å². The Morgan fingerprint density at radius 3 is 2.38 bits per heavy atom. The van der Waals surface area contributed by atoms with Crippen molar-refractivity contribution >= 4 is 50.5 Å². The van der Waals surface area contributed by atoms with Gasteiger partial charge >= 0.3 is 5.97 Å². The van der Waals surface area contributed by atoms with E-state index >= 15 is 0 Å². The van der Waals surface area contributed by atoms with E-state index in [1.54, 1.807) is 31.2 Å². The first-order valence-electron chi connectivity index (χ1n) is 8.22. The molecule has 1 fully saturated rings. The summed E-state index contributed by atoms with van der Waals surface area (Å²) in [5.74, 6) is -2.57. The molecule has 3 atom stereocenters. The Morgan fingerprint density at radius 2 is 1.85 bits per heavy atom. The van der Waals surface area contributed by atoms with Crippen LogP contribution < -0.4 is 0 Å². The van der Waals surface area contributed by atoms with Gasteiger partial charge in [-0.1, -0.05) is 46.7 Å². The summed E-state index contributed by atoms with van der Waals surface area (Å²) in [6.45, 7) is 3.28. The van der Waals surface area contributed by atoms with Gasteiger partial charge in [0.05, 0.1) is 11.2 Å². The molecule has 0 bridgehead atoms. The van der Waals surface area contributed by atoms with Gasteiger partial charge in [-0.15, -0.1) is 0 Å². The number of thioether (sulfide) groups is 1. The van der Waals surface area contributed by atoms with Crippen LogP contribution in [0.5, 0.6) is 0 Å². The number of hydrogen-bond acceptors (Lipinski definition) is 5. The average molecular weight is 442 g/mol. The van der Waals surface area contributed by atoms with E-state index in [2.05, 4.69) is 15.9 Å². The maximum atomic E-state index is 12.9. The lowest BCUT2D eigenvalue weighted by Gasteiger charge is -2.28. The Bertz CT molecular complexity index is 721. The minimum Gasteiger partial charge on any atom is -0.480 e. The van der Waals surface area contributed by atoms with Crippen LogP contribution in [0.15, 0.2) is 28.7 Å². The van der Waals surface area contributed by atoms with Crippen molar-refractivity contribution in [2.75, 3.05) is 6.54 Å². The van der Waals surface area contributed by atoms with Crippen LogP contribution in [-0.4, -0.2) is 50.6 Å². The number of halogens is 1. The summed E-state index contributed by atoms with van der Waals surface area (Å²) in [6, 6.07) is 5.84. The number of hydrogen-bond donors (Lipinski definition) is 1. The summed E-state index contributed by atoms with van der Waals surface area (Å²) in [7, 11) is 0. The van der Waals surface area contributed by atoms with Gasteiger partial charge in [-0.05, 0) is 25.0 Å². The molecule has 2 rings (SSSR count). The zero-order chi connectivity index (χ0) is 19.4. The first kappa shape index (κ1) is 20.6. The number of carboxylic acid groups (broad SMARTS) is 1. The van der Waals surface area contributed by atoms with Gasteiger partial charge in [-0.25, -0.2) is 4.79 Å². The monoisotopic (exact) mass is 441 g/mol. The second-order valence-corrected chi connectivity index (χ2v) is 8.45. The van der Waals surface area contributed by atoms with Crippen molar-refractivity contribution in [3.8, 4) is 0 Å². The van der Waals surface area contributed by atoms with Crippen LogP contribution >= 0.6 is 27.7 Å². The Hall–Kier alpha value is -1.67. The molecule has 1 aliphatic heterocycles. The van der Waals surface area contributed by atoms with Gasteiger partial charge in [0, 0.05) is 23.5 Å². The standard InChI is InChI=1S/C18H20BrNO5S/c1-10(17(23)20-9-3-4-14(20)18(24)25)16(26-11(2)21)15(22)12-5-7-13(19)8-6-12/h5-8,10,14,16H,3-4,9H2,1-2H3,(H,24,25)/t10-,14+,16-/m1/s1. The SMILES string of the molecule is CC(=O)S[C@@H](C(=O)c1ccc(Br)cc1)[C@@H](C)C(=O)N1CCC[C@H]1C(=O)O. The Morgan fingerprint density at radius 1 is 1.23 bits per heavy atom. The van der Waals surface area contributed by atoms with Gasteiger partial charge in [0.2, 0.25) is 5.91 Å². The Kier molecular flexibility index (Phi) is 7.00. The minimum absolute atomic E-state index is 0.267. The molecule has 140 valence electrons. The molecule has 1 N–H and O–H groups in total. The quantitative estimate of drug-likeness (QED) is 0.682. The lowest BCUT2D eigenvalue weighted by atomic mass is 9.97. The summed E-state index contributed by atoms with van der Waals surface area (Å²) >= 11 is 4.12. The van der Waals surface area contributed by atoms with Gasteiger partial charge in [-0.2, -0.15) is 0 Å². The number of carboxylic acids is 1. The summed E-state index contributed by atoms with van der Waals surface area (Å²) in [4.78, 5) is 50.1. The zero-order valence-corrected chi connectivity index (χ0v) is 16.9. The molecule has 8 heteroatoms. The third-order valence-electron chi connectivity index (χ3n) is 4.34. The Labute approximate surface area is 164 Å².